The highest BCUT2D eigenvalue weighted by atomic mass is 32.2. The van der Waals surface area contributed by atoms with Gasteiger partial charge in [0.2, 0.25) is 5.91 Å². The van der Waals surface area contributed by atoms with Crippen LogP contribution in [0, 0.1) is 6.92 Å². The average molecular weight is 620 g/mol. The van der Waals surface area contributed by atoms with E-state index in [4.69, 9.17) is 4.74 Å². The molecule has 8 nitrogen and oxygen atoms in total. The molecule has 0 saturated heterocycles. The lowest BCUT2D eigenvalue weighted by Crippen LogP contribution is -2.38. The fourth-order valence-electron chi connectivity index (χ4n) is 4.67. The van der Waals surface area contributed by atoms with Gasteiger partial charge in [-0.25, -0.2) is 8.42 Å². The Morgan fingerprint density at radius 2 is 1.31 bits per heavy atom. The van der Waals surface area contributed by atoms with Gasteiger partial charge in [0.05, 0.1) is 27.9 Å². The predicted molar refractivity (Wildman–Crippen MR) is 176 cm³/mol. The molecule has 0 saturated carbocycles. The van der Waals surface area contributed by atoms with Crippen LogP contribution in [0.3, 0.4) is 0 Å². The lowest BCUT2D eigenvalue weighted by atomic mass is 10.1. The molecule has 0 spiro atoms. The highest BCUT2D eigenvalue weighted by molar-refractivity contribution is 7.92. The summed E-state index contributed by atoms with van der Waals surface area (Å²) in [7, 11) is -4.15. The number of hydrogen-bond acceptors (Lipinski definition) is 5. The van der Waals surface area contributed by atoms with Crippen molar-refractivity contribution in [3.8, 4) is 11.5 Å². The van der Waals surface area contributed by atoms with E-state index in [9.17, 15) is 18.0 Å². The first-order chi connectivity index (χ1) is 21.7. The normalized spacial score (nSPS) is 11.7. The van der Waals surface area contributed by atoms with Gasteiger partial charge in [-0.1, -0.05) is 78.4 Å². The number of hydrogen-bond donors (Lipinski definition) is 2. The summed E-state index contributed by atoms with van der Waals surface area (Å²) in [6.07, 6.45) is 0. The van der Waals surface area contributed by atoms with E-state index >= 15 is 0 Å². The van der Waals surface area contributed by atoms with Crippen LogP contribution in [0.2, 0.25) is 0 Å². The van der Waals surface area contributed by atoms with Crippen molar-refractivity contribution < 1.29 is 22.7 Å². The Morgan fingerprint density at radius 3 is 1.98 bits per heavy atom. The number of carbonyl (C=O) groups excluding carboxylic acids is 2. The summed E-state index contributed by atoms with van der Waals surface area (Å²) < 4.78 is 34.7. The first-order valence-electron chi connectivity index (χ1n) is 14.4. The summed E-state index contributed by atoms with van der Waals surface area (Å²) in [6.45, 7) is 3.20. The predicted octanol–water partition coefficient (Wildman–Crippen LogP) is 7.11. The number of anilines is 2. The van der Waals surface area contributed by atoms with E-state index in [0.29, 0.717) is 11.5 Å². The molecular formula is C36H33N3O5S. The second-order valence-electron chi connectivity index (χ2n) is 10.4. The number of sulfonamides is 1. The smallest absolute Gasteiger partial charge is 0.264 e. The molecule has 5 aromatic rings. The quantitative estimate of drug-likeness (QED) is 0.164. The van der Waals surface area contributed by atoms with Crippen LogP contribution < -0.4 is 19.7 Å². The molecular weight excluding hydrogens is 586 g/mol. The number of nitrogens with zero attached hydrogens (tertiary/aromatic N) is 1. The van der Waals surface area contributed by atoms with Crippen LogP contribution in [0.4, 0.5) is 11.4 Å². The Kier molecular flexibility index (Phi) is 9.60. The molecule has 0 aliphatic carbocycles. The molecule has 0 aliphatic heterocycles. The number of ether oxygens (including phenoxy) is 1. The molecule has 228 valence electrons. The van der Waals surface area contributed by atoms with Crippen molar-refractivity contribution in [2.45, 2.75) is 24.8 Å². The van der Waals surface area contributed by atoms with E-state index in [2.05, 4.69) is 10.6 Å². The van der Waals surface area contributed by atoms with Crippen LogP contribution in [-0.4, -0.2) is 26.8 Å². The van der Waals surface area contributed by atoms with Crippen LogP contribution in [0.5, 0.6) is 11.5 Å². The molecule has 0 unspecified atom stereocenters. The number of aryl methyl sites for hydroxylation is 1. The SMILES string of the molecule is Cc1ccc(S(=O)(=O)N(CC(=O)Nc2ccccc2C(=O)N[C@H](C)c2ccccc2)c2ccc(Oc3ccccc3)cc2)cc1. The minimum Gasteiger partial charge on any atom is -0.457 e. The van der Waals surface area contributed by atoms with Crippen molar-refractivity contribution in [1.29, 1.82) is 0 Å². The third kappa shape index (κ3) is 7.76. The van der Waals surface area contributed by atoms with E-state index in [1.54, 1.807) is 60.7 Å². The summed E-state index contributed by atoms with van der Waals surface area (Å²) >= 11 is 0. The number of para-hydroxylation sites is 2. The topological polar surface area (TPSA) is 105 Å². The van der Waals surface area contributed by atoms with Crippen LogP contribution in [0.25, 0.3) is 0 Å². The maximum absolute atomic E-state index is 13.9. The zero-order valence-electron chi connectivity index (χ0n) is 24.9. The van der Waals surface area contributed by atoms with Crippen molar-refractivity contribution >= 4 is 33.2 Å². The summed E-state index contributed by atoms with van der Waals surface area (Å²) in [5.74, 6) is 0.147. The molecule has 2 amide bonds. The molecule has 2 N–H and O–H groups in total. The molecule has 5 aromatic carbocycles. The summed E-state index contributed by atoms with van der Waals surface area (Å²) in [6, 6.07) is 38.0. The lowest BCUT2D eigenvalue weighted by Gasteiger charge is -2.25. The van der Waals surface area contributed by atoms with E-state index in [-0.39, 0.29) is 33.8 Å². The van der Waals surface area contributed by atoms with Gasteiger partial charge >= 0.3 is 0 Å². The fourth-order valence-corrected chi connectivity index (χ4v) is 6.09. The molecule has 45 heavy (non-hydrogen) atoms. The molecule has 0 fully saturated rings. The van der Waals surface area contributed by atoms with Crippen LogP contribution in [0.1, 0.15) is 34.5 Å². The Hall–Kier alpha value is -5.41. The molecule has 0 aliphatic rings. The highest BCUT2D eigenvalue weighted by Crippen LogP contribution is 2.28. The minimum absolute atomic E-state index is 0.0418. The summed E-state index contributed by atoms with van der Waals surface area (Å²) in [5, 5.41) is 5.71. The van der Waals surface area contributed by atoms with Gasteiger partial charge in [0, 0.05) is 0 Å². The number of nitrogens with one attached hydrogen (secondary N) is 2. The van der Waals surface area contributed by atoms with Gasteiger partial charge in [-0.05, 0) is 80.1 Å². The fraction of sp³-hybridized carbons (Fsp3) is 0.111. The average Bonchev–Trinajstić information content (AvgIpc) is 3.05. The Morgan fingerprint density at radius 1 is 0.733 bits per heavy atom. The first-order valence-corrected chi connectivity index (χ1v) is 15.8. The van der Waals surface area contributed by atoms with Crippen LogP contribution in [0.15, 0.2) is 138 Å². The van der Waals surface area contributed by atoms with Crippen molar-refractivity contribution in [3.05, 3.63) is 150 Å². The van der Waals surface area contributed by atoms with Gasteiger partial charge in [0.15, 0.2) is 0 Å². The molecule has 0 radical (unpaired) electrons. The molecule has 0 heterocycles. The number of benzene rings is 5. The van der Waals surface area contributed by atoms with Crippen molar-refractivity contribution in [2.75, 3.05) is 16.2 Å². The maximum Gasteiger partial charge on any atom is 0.264 e. The zero-order valence-corrected chi connectivity index (χ0v) is 25.7. The van der Waals surface area contributed by atoms with E-state index in [0.717, 1.165) is 15.4 Å². The van der Waals surface area contributed by atoms with E-state index < -0.39 is 22.5 Å². The Bertz CT molecular complexity index is 1860. The van der Waals surface area contributed by atoms with Crippen LogP contribution >= 0.6 is 0 Å². The van der Waals surface area contributed by atoms with Crippen molar-refractivity contribution in [1.82, 2.24) is 5.32 Å². The number of rotatable bonds is 11. The number of amides is 2. The van der Waals surface area contributed by atoms with Crippen LogP contribution in [-0.2, 0) is 14.8 Å². The molecule has 1 atom stereocenters. The second-order valence-corrected chi connectivity index (χ2v) is 12.3. The summed E-state index contributed by atoms with van der Waals surface area (Å²) in [5.41, 5.74) is 2.62. The highest BCUT2D eigenvalue weighted by Gasteiger charge is 2.28. The van der Waals surface area contributed by atoms with Gasteiger partial charge in [-0.15, -0.1) is 0 Å². The van der Waals surface area contributed by atoms with Gasteiger partial charge in [-0.3, -0.25) is 13.9 Å². The molecule has 0 bridgehead atoms. The monoisotopic (exact) mass is 619 g/mol. The maximum atomic E-state index is 13.9. The third-order valence-corrected chi connectivity index (χ3v) is 8.88. The molecule has 5 rings (SSSR count). The first kappa shape index (κ1) is 31.0. The third-order valence-electron chi connectivity index (χ3n) is 7.09. The largest absolute Gasteiger partial charge is 0.457 e. The van der Waals surface area contributed by atoms with E-state index in [1.165, 1.54) is 12.1 Å². The molecule has 9 heteroatoms. The van der Waals surface area contributed by atoms with Gasteiger partial charge in [-0.2, -0.15) is 0 Å². The van der Waals surface area contributed by atoms with Crippen molar-refractivity contribution in [2.24, 2.45) is 0 Å². The number of carbonyl (C=O) groups is 2. The standard InChI is InChI=1S/C36H33N3O5S/c1-26-17-23-32(24-18-26)45(42,43)39(29-19-21-31(22-20-29)44-30-13-7-4-8-14-30)25-35(40)38-34-16-10-9-15-33(34)36(41)37-27(2)28-11-5-3-6-12-28/h3-24,27H,25H2,1-2H3,(H,37,41)(H,38,40)/t27-/m1/s1. The van der Waals surface area contributed by atoms with Gasteiger partial charge < -0.3 is 15.4 Å². The lowest BCUT2D eigenvalue weighted by molar-refractivity contribution is -0.114. The molecule has 0 aromatic heterocycles. The second kappa shape index (κ2) is 13.9. The van der Waals surface area contributed by atoms with Gasteiger partial charge in [0.1, 0.15) is 18.0 Å². The van der Waals surface area contributed by atoms with Gasteiger partial charge in [0.25, 0.3) is 15.9 Å². The minimum atomic E-state index is -4.15. The Balaban J connectivity index is 1.38. The zero-order chi connectivity index (χ0) is 31.8. The van der Waals surface area contributed by atoms with Crippen molar-refractivity contribution in [3.63, 3.8) is 0 Å². The van der Waals surface area contributed by atoms with E-state index in [1.807, 2.05) is 74.5 Å². The summed E-state index contributed by atoms with van der Waals surface area (Å²) in [4.78, 5) is 26.8. The Labute approximate surface area is 263 Å².